The lowest BCUT2D eigenvalue weighted by molar-refractivity contribution is 0.895. The van der Waals surface area contributed by atoms with Crippen LogP contribution in [0, 0.1) is 34.6 Å². The van der Waals surface area contributed by atoms with Crippen LogP contribution in [0.2, 0.25) is 0 Å². The molecule has 0 aromatic heterocycles. The Morgan fingerprint density at radius 1 is 0.815 bits per heavy atom. The van der Waals surface area contributed by atoms with Crippen molar-refractivity contribution in [2.45, 2.75) is 54.4 Å². The van der Waals surface area contributed by atoms with Gasteiger partial charge in [-0.2, -0.15) is 0 Å². The standard InChI is InChI=1S/C23H34IP3/c1-9-10-11-27(24)23-18(6)16(4)15(3)17(5)21(23)22-19(25-7)12-14(2)13-20(22)26-8/h12-13,25-26H,9-11H2,1-8H3. The van der Waals surface area contributed by atoms with Crippen LogP contribution >= 0.6 is 44.8 Å². The number of halogens is 1. The zero-order valence-corrected chi connectivity index (χ0v) is 23.2. The molecule has 0 aliphatic rings. The van der Waals surface area contributed by atoms with Gasteiger partial charge in [0.1, 0.15) is 0 Å². The van der Waals surface area contributed by atoms with Gasteiger partial charge in [0.25, 0.3) is 0 Å². The summed E-state index contributed by atoms with van der Waals surface area (Å²) in [5.74, 6) is 0. The van der Waals surface area contributed by atoms with E-state index in [1.807, 2.05) is 0 Å². The van der Waals surface area contributed by atoms with Crippen molar-refractivity contribution in [1.82, 2.24) is 0 Å². The quantitative estimate of drug-likeness (QED) is 0.267. The molecular weight excluding hydrogens is 496 g/mol. The fourth-order valence-corrected chi connectivity index (χ4v) is 10.4. The fraction of sp³-hybridized carbons (Fsp3) is 0.478. The molecule has 0 aliphatic carbocycles. The second-order valence-corrected chi connectivity index (χ2v) is 14.6. The van der Waals surface area contributed by atoms with Gasteiger partial charge in [0.15, 0.2) is 0 Å². The minimum atomic E-state index is -0.158. The van der Waals surface area contributed by atoms with Gasteiger partial charge in [-0.1, -0.05) is 42.6 Å². The van der Waals surface area contributed by atoms with Crippen molar-refractivity contribution < 1.29 is 0 Å². The van der Waals surface area contributed by atoms with E-state index in [2.05, 4.69) is 89.0 Å². The highest BCUT2D eigenvalue weighted by atomic mass is 127. The molecule has 0 fully saturated rings. The van der Waals surface area contributed by atoms with Crippen LogP contribution in [0.1, 0.15) is 47.6 Å². The van der Waals surface area contributed by atoms with Gasteiger partial charge < -0.3 is 0 Å². The molecule has 0 spiro atoms. The fourth-order valence-electron chi connectivity index (χ4n) is 3.76. The third-order valence-electron chi connectivity index (χ3n) is 5.68. The average Bonchev–Trinajstić information content (AvgIpc) is 2.66. The SMILES string of the molecule is CCCCP(I)c1c(C)c(C)c(C)c(C)c1-c1c(PC)cc(C)cc1PC. The molecule has 0 bridgehead atoms. The summed E-state index contributed by atoms with van der Waals surface area (Å²) in [5.41, 5.74) is 10.4. The monoisotopic (exact) mass is 530 g/mol. The molecule has 2 aromatic carbocycles. The molecule has 0 heterocycles. The third-order valence-corrected chi connectivity index (χ3v) is 12.2. The van der Waals surface area contributed by atoms with Crippen molar-refractivity contribution in [3.05, 3.63) is 39.9 Å². The van der Waals surface area contributed by atoms with Crippen LogP contribution < -0.4 is 15.9 Å². The normalized spacial score (nSPS) is 13.4. The number of benzene rings is 2. The molecular formula is C23H34IP3. The maximum atomic E-state index is 2.78. The molecule has 2 aromatic rings. The summed E-state index contributed by atoms with van der Waals surface area (Å²) >= 11 is 2.78. The first-order valence-electron chi connectivity index (χ1n) is 9.82. The highest BCUT2D eigenvalue weighted by molar-refractivity contribution is 14.2. The van der Waals surface area contributed by atoms with E-state index < -0.39 is 0 Å². The molecule has 0 N–H and O–H groups in total. The third kappa shape index (κ3) is 4.97. The van der Waals surface area contributed by atoms with Crippen LogP contribution in [0.4, 0.5) is 0 Å². The maximum Gasteiger partial charge on any atom is -0.00257 e. The van der Waals surface area contributed by atoms with Gasteiger partial charge in [-0.15, -0.1) is 0 Å². The van der Waals surface area contributed by atoms with Gasteiger partial charge in [0.05, 0.1) is 0 Å². The molecule has 0 saturated heterocycles. The lowest BCUT2D eigenvalue weighted by Crippen LogP contribution is -2.22. The Bertz CT molecular complexity index is 802. The molecule has 0 saturated carbocycles. The van der Waals surface area contributed by atoms with Crippen molar-refractivity contribution in [2.24, 2.45) is 0 Å². The Labute approximate surface area is 184 Å². The van der Waals surface area contributed by atoms with Crippen LogP contribution in [-0.2, 0) is 0 Å². The molecule has 27 heavy (non-hydrogen) atoms. The van der Waals surface area contributed by atoms with E-state index in [-0.39, 0.29) is 5.56 Å². The van der Waals surface area contributed by atoms with Gasteiger partial charge in [0.2, 0.25) is 0 Å². The molecule has 0 aliphatic heterocycles. The Morgan fingerprint density at radius 3 is 1.81 bits per heavy atom. The molecule has 3 unspecified atom stereocenters. The second kappa shape index (κ2) is 10.5. The van der Waals surface area contributed by atoms with Crippen molar-refractivity contribution in [3.8, 4) is 11.1 Å². The highest BCUT2D eigenvalue weighted by Gasteiger charge is 2.24. The molecule has 2 rings (SSSR count). The Kier molecular flexibility index (Phi) is 9.21. The lowest BCUT2D eigenvalue weighted by atomic mass is 9.90. The summed E-state index contributed by atoms with van der Waals surface area (Å²) in [5, 5.41) is 4.78. The van der Waals surface area contributed by atoms with Gasteiger partial charge >= 0.3 is 0 Å². The Morgan fingerprint density at radius 2 is 1.33 bits per heavy atom. The maximum absolute atomic E-state index is 2.78. The van der Waals surface area contributed by atoms with Crippen LogP contribution in [-0.4, -0.2) is 19.5 Å². The van der Waals surface area contributed by atoms with Gasteiger partial charge in [-0.25, -0.2) is 0 Å². The van der Waals surface area contributed by atoms with E-state index in [0.29, 0.717) is 0 Å². The lowest BCUT2D eigenvalue weighted by Gasteiger charge is -2.27. The Balaban J connectivity index is 2.92. The minimum Gasteiger partial charge on any atom is -0.0929 e. The number of hydrogen-bond acceptors (Lipinski definition) is 0. The van der Waals surface area contributed by atoms with Crippen molar-refractivity contribution in [2.75, 3.05) is 19.5 Å². The number of unbranched alkanes of at least 4 members (excludes halogenated alkanes) is 1. The van der Waals surface area contributed by atoms with Gasteiger partial charge in [-0.05, 0) is 143 Å². The first kappa shape index (κ1) is 23.7. The number of hydrogen-bond donors (Lipinski definition) is 0. The predicted octanol–water partition coefficient (Wildman–Crippen LogP) is 7.02. The van der Waals surface area contributed by atoms with Crippen LogP contribution in [0.25, 0.3) is 11.1 Å². The molecule has 0 amide bonds. The number of rotatable bonds is 7. The van der Waals surface area contributed by atoms with Crippen LogP contribution in [0.3, 0.4) is 0 Å². The molecule has 148 valence electrons. The molecule has 0 radical (unpaired) electrons. The second-order valence-electron chi connectivity index (χ2n) is 7.40. The minimum absolute atomic E-state index is 0.158. The van der Waals surface area contributed by atoms with Crippen molar-refractivity contribution in [1.29, 1.82) is 0 Å². The van der Waals surface area contributed by atoms with Crippen LogP contribution in [0.15, 0.2) is 12.1 Å². The summed E-state index contributed by atoms with van der Waals surface area (Å²) in [7, 11) is 1.68. The predicted molar refractivity (Wildman–Crippen MR) is 144 cm³/mol. The first-order valence-corrected chi connectivity index (χ1v) is 17.1. The number of aryl methyl sites for hydroxylation is 1. The van der Waals surface area contributed by atoms with E-state index in [4.69, 9.17) is 0 Å². The molecule has 4 heteroatoms. The van der Waals surface area contributed by atoms with E-state index in [1.54, 1.807) is 32.6 Å². The highest BCUT2D eigenvalue weighted by Crippen LogP contribution is 2.49. The summed E-state index contributed by atoms with van der Waals surface area (Å²) < 4.78 is 0. The van der Waals surface area contributed by atoms with E-state index >= 15 is 0 Å². The average molecular weight is 530 g/mol. The summed E-state index contributed by atoms with van der Waals surface area (Å²) in [6.45, 7) is 18.6. The van der Waals surface area contributed by atoms with Crippen LogP contribution in [0.5, 0.6) is 0 Å². The first-order chi connectivity index (χ1) is 12.8. The van der Waals surface area contributed by atoms with E-state index in [9.17, 15) is 0 Å². The smallest absolute Gasteiger partial charge is 0.00257 e. The topological polar surface area (TPSA) is 0 Å². The molecule has 0 nitrogen and oxygen atoms in total. The van der Waals surface area contributed by atoms with Crippen molar-refractivity contribution in [3.63, 3.8) is 0 Å². The molecule has 3 atom stereocenters. The summed E-state index contributed by atoms with van der Waals surface area (Å²) in [6, 6.07) is 4.87. The summed E-state index contributed by atoms with van der Waals surface area (Å²) in [4.78, 5) is 0. The van der Waals surface area contributed by atoms with E-state index in [0.717, 1.165) is 17.2 Å². The zero-order chi connectivity index (χ0) is 20.3. The largest absolute Gasteiger partial charge is 0.0929 e. The summed E-state index contributed by atoms with van der Waals surface area (Å²) in [6.07, 6.45) is 3.95. The zero-order valence-electron chi connectivity index (χ0n) is 18.1. The Hall–Kier alpha value is 0.460. The van der Waals surface area contributed by atoms with Gasteiger partial charge in [0, 0.05) is 0 Å². The van der Waals surface area contributed by atoms with Gasteiger partial charge in [-0.3, -0.25) is 0 Å². The van der Waals surface area contributed by atoms with Crippen molar-refractivity contribution >= 4 is 60.7 Å². The van der Waals surface area contributed by atoms with E-state index in [1.165, 1.54) is 41.3 Å².